The molecule has 2 heterocycles. The van der Waals surface area contributed by atoms with E-state index in [2.05, 4.69) is 15.2 Å². The fraction of sp³-hybridized carbons (Fsp3) is 0.333. The van der Waals surface area contributed by atoms with Crippen molar-refractivity contribution in [3.8, 4) is 0 Å². The number of pyridine rings is 1. The summed E-state index contributed by atoms with van der Waals surface area (Å²) in [4.78, 5) is 17.3. The van der Waals surface area contributed by atoms with Crippen LogP contribution in [0.4, 0.5) is 17.3 Å². The van der Waals surface area contributed by atoms with Gasteiger partial charge >= 0.3 is 5.69 Å². The molecule has 2 aliphatic rings. The highest BCUT2D eigenvalue weighted by Gasteiger charge is 2.20. The monoisotopic (exact) mass is 301 g/mol. The fourth-order valence-electron chi connectivity index (χ4n) is 2.39. The summed E-state index contributed by atoms with van der Waals surface area (Å²) < 4.78 is 5.32. The number of nitro groups is 1. The third-order valence-corrected chi connectivity index (χ3v) is 3.54. The van der Waals surface area contributed by atoms with E-state index in [1.165, 1.54) is 6.07 Å². The van der Waals surface area contributed by atoms with Crippen molar-refractivity contribution in [2.24, 2.45) is 0 Å². The molecule has 7 heteroatoms. The van der Waals surface area contributed by atoms with Gasteiger partial charge in [-0.25, -0.2) is 4.98 Å². The first-order valence-corrected chi connectivity index (χ1v) is 7.19. The number of hydrogen-bond donors (Lipinski definition) is 1. The van der Waals surface area contributed by atoms with Crippen molar-refractivity contribution in [1.29, 1.82) is 0 Å². The van der Waals surface area contributed by atoms with Gasteiger partial charge in [0.15, 0.2) is 0 Å². The molecule has 22 heavy (non-hydrogen) atoms. The highest BCUT2D eigenvalue weighted by atomic mass is 16.6. The van der Waals surface area contributed by atoms with Crippen LogP contribution in [-0.2, 0) is 4.74 Å². The Morgan fingerprint density at radius 3 is 2.82 bits per heavy atom. The third kappa shape index (κ3) is 3.25. The molecule has 7 nitrogen and oxygen atoms in total. The van der Waals surface area contributed by atoms with Gasteiger partial charge in [0.1, 0.15) is 5.82 Å². The molecule has 1 radical (unpaired) electrons. The van der Waals surface area contributed by atoms with Crippen molar-refractivity contribution in [2.75, 3.05) is 36.5 Å². The van der Waals surface area contributed by atoms with Crippen LogP contribution in [0.15, 0.2) is 36.1 Å². The molecule has 1 aromatic rings. The molecular weight excluding hydrogens is 284 g/mol. The minimum absolute atomic E-state index is 0.0270. The molecule has 0 atom stereocenters. The van der Waals surface area contributed by atoms with Crippen LogP contribution in [0.25, 0.3) is 0 Å². The molecular formula is C15H17N4O3. The first kappa shape index (κ1) is 14.5. The van der Waals surface area contributed by atoms with Crippen molar-refractivity contribution in [3.63, 3.8) is 0 Å². The molecule has 1 N–H and O–H groups in total. The van der Waals surface area contributed by atoms with Crippen LogP contribution in [0.2, 0.25) is 0 Å². The zero-order chi connectivity index (χ0) is 15.4. The van der Waals surface area contributed by atoms with E-state index in [-0.39, 0.29) is 11.5 Å². The number of ether oxygens (including phenoxy) is 1. The van der Waals surface area contributed by atoms with E-state index in [0.717, 1.165) is 31.0 Å². The standard InChI is InChI=1S/C15H17N4O3/c20-19(21)13-6-7-14(18-8-10-22-11-9-18)17-15(13)16-12-4-2-1-3-5-12/h1-2,4-7H,3,8-11H2,(H,16,17). The molecule has 1 aromatic heterocycles. The second kappa shape index (κ2) is 6.57. The van der Waals surface area contributed by atoms with Gasteiger partial charge in [0.05, 0.1) is 18.1 Å². The normalized spacial score (nSPS) is 18.0. The number of rotatable bonds is 4. The van der Waals surface area contributed by atoms with Crippen molar-refractivity contribution >= 4 is 17.3 Å². The van der Waals surface area contributed by atoms with Crippen molar-refractivity contribution < 1.29 is 9.66 Å². The molecule has 115 valence electrons. The third-order valence-electron chi connectivity index (χ3n) is 3.54. The Balaban J connectivity index is 1.88. The van der Waals surface area contributed by atoms with E-state index in [9.17, 15) is 10.1 Å². The summed E-state index contributed by atoms with van der Waals surface area (Å²) in [6.07, 6.45) is 8.57. The quantitative estimate of drug-likeness (QED) is 0.679. The number of nitrogens with one attached hydrogen (secondary N) is 1. The molecule has 0 unspecified atom stereocenters. The summed E-state index contributed by atoms with van der Waals surface area (Å²) in [6.45, 7) is 2.76. The average Bonchev–Trinajstić information content (AvgIpc) is 2.56. The summed E-state index contributed by atoms with van der Waals surface area (Å²) in [5.41, 5.74) is 0.790. The summed E-state index contributed by atoms with van der Waals surface area (Å²) in [5, 5.41) is 14.3. The predicted octanol–water partition coefficient (Wildman–Crippen LogP) is 2.29. The molecule has 3 rings (SSSR count). The van der Waals surface area contributed by atoms with Crippen LogP contribution in [0.3, 0.4) is 0 Å². The Bertz CT molecular complexity index is 621. The lowest BCUT2D eigenvalue weighted by atomic mass is 10.1. The summed E-state index contributed by atoms with van der Waals surface area (Å²) in [6, 6.07) is 3.19. The first-order chi connectivity index (χ1) is 10.7. The molecule has 0 bridgehead atoms. The van der Waals surface area contributed by atoms with Gasteiger partial charge in [-0.15, -0.1) is 0 Å². The Morgan fingerprint density at radius 2 is 2.14 bits per heavy atom. The maximum absolute atomic E-state index is 11.2. The number of aromatic nitrogens is 1. The Hall–Kier alpha value is -2.41. The Morgan fingerprint density at radius 1 is 1.32 bits per heavy atom. The van der Waals surface area contributed by atoms with E-state index in [0.29, 0.717) is 13.2 Å². The van der Waals surface area contributed by atoms with Crippen LogP contribution in [0.5, 0.6) is 0 Å². The minimum atomic E-state index is -0.419. The van der Waals surface area contributed by atoms with Crippen LogP contribution in [0, 0.1) is 16.5 Å². The van der Waals surface area contributed by atoms with E-state index in [4.69, 9.17) is 4.74 Å². The van der Waals surface area contributed by atoms with Crippen LogP contribution in [-0.4, -0.2) is 36.2 Å². The van der Waals surface area contributed by atoms with E-state index in [1.807, 2.05) is 24.6 Å². The molecule has 0 saturated carbocycles. The lowest BCUT2D eigenvalue weighted by Crippen LogP contribution is -2.36. The van der Waals surface area contributed by atoms with Gasteiger partial charge in [-0.1, -0.05) is 12.2 Å². The largest absolute Gasteiger partial charge is 0.378 e. The zero-order valence-corrected chi connectivity index (χ0v) is 12.1. The number of morpholine rings is 1. The van der Waals surface area contributed by atoms with Crippen LogP contribution < -0.4 is 10.2 Å². The van der Waals surface area contributed by atoms with Crippen molar-refractivity contribution in [3.05, 3.63) is 52.6 Å². The number of allylic oxidation sites excluding steroid dienone is 3. The number of hydrogen-bond acceptors (Lipinski definition) is 6. The Kier molecular flexibility index (Phi) is 4.34. The van der Waals surface area contributed by atoms with Gasteiger partial charge in [0, 0.05) is 24.9 Å². The summed E-state index contributed by atoms with van der Waals surface area (Å²) >= 11 is 0. The summed E-state index contributed by atoms with van der Waals surface area (Å²) in [5.74, 6) is 0.996. The molecule has 1 fully saturated rings. The average molecular weight is 301 g/mol. The lowest BCUT2D eigenvalue weighted by molar-refractivity contribution is -0.384. The molecule has 0 amide bonds. The SMILES string of the molecule is O=[N+]([O-])c1ccc(N2CCOCC2)nc1NC1=CC[CH]C=C1. The highest BCUT2D eigenvalue weighted by Crippen LogP contribution is 2.28. The molecule has 1 saturated heterocycles. The second-order valence-electron chi connectivity index (χ2n) is 5.01. The van der Waals surface area contributed by atoms with Gasteiger partial charge < -0.3 is 15.0 Å². The topological polar surface area (TPSA) is 80.5 Å². The maximum Gasteiger partial charge on any atom is 0.311 e. The van der Waals surface area contributed by atoms with Gasteiger partial charge in [0.25, 0.3) is 0 Å². The summed E-state index contributed by atoms with van der Waals surface area (Å²) in [7, 11) is 0. The van der Waals surface area contributed by atoms with E-state index >= 15 is 0 Å². The van der Waals surface area contributed by atoms with E-state index in [1.54, 1.807) is 6.07 Å². The molecule has 1 aliphatic heterocycles. The number of nitrogens with zero attached hydrogens (tertiary/aromatic N) is 3. The van der Waals surface area contributed by atoms with Gasteiger partial charge in [-0.2, -0.15) is 0 Å². The zero-order valence-electron chi connectivity index (χ0n) is 12.1. The minimum Gasteiger partial charge on any atom is -0.378 e. The van der Waals surface area contributed by atoms with Gasteiger partial charge in [-0.05, 0) is 25.0 Å². The van der Waals surface area contributed by atoms with Crippen LogP contribution in [0.1, 0.15) is 6.42 Å². The molecule has 0 spiro atoms. The van der Waals surface area contributed by atoms with Crippen molar-refractivity contribution in [2.45, 2.75) is 6.42 Å². The second-order valence-corrected chi connectivity index (χ2v) is 5.01. The molecule has 0 aromatic carbocycles. The smallest absolute Gasteiger partial charge is 0.311 e. The van der Waals surface area contributed by atoms with Gasteiger partial charge in [-0.3, -0.25) is 10.1 Å². The van der Waals surface area contributed by atoms with E-state index < -0.39 is 4.92 Å². The van der Waals surface area contributed by atoms with Crippen LogP contribution >= 0.6 is 0 Å². The van der Waals surface area contributed by atoms with Gasteiger partial charge in [0.2, 0.25) is 5.82 Å². The number of anilines is 2. The fourth-order valence-corrected chi connectivity index (χ4v) is 2.39. The first-order valence-electron chi connectivity index (χ1n) is 7.19. The maximum atomic E-state index is 11.2. The highest BCUT2D eigenvalue weighted by molar-refractivity contribution is 5.64. The predicted molar refractivity (Wildman–Crippen MR) is 83.7 cm³/mol. The Labute approximate surface area is 128 Å². The molecule has 1 aliphatic carbocycles. The van der Waals surface area contributed by atoms with Crippen molar-refractivity contribution in [1.82, 2.24) is 4.98 Å². The lowest BCUT2D eigenvalue weighted by Gasteiger charge is -2.28.